The summed E-state index contributed by atoms with van der Waals surface area (Å²) in [6, 6.07) is 6.73. The topological polar surface area (TPSA) is 26.0 Å². The van der Waals surface area contributed by atoms with Gasteiger partial charge in [0.2, 0.25) is 0 Å². The molecular formula is C14H20BrN. The Morgan fingerprint density at radius 3 is 2.62 bits per heavy atom. The molecule has 1 unspecified atom stereocenters. The van der Waals surface area contributed by atoms with Crippen LogP contribution in [-0.2, 0) is 6.42 Å². The van der Waals surface area contributed by atoms with Crippen LogP contribution in [0.25, 0.3) is 0 Å². The predicted octanol–water partition coefficient (Wildman–Crippen LogP) is 4.00. The fourth-order valence-electron chi connectivity index (χ4n) is 2.04. The Kier molecular flexibility index (Phi) is 3.41. The van der Waals surface area contributed by atoms with Crippen molar-refractivity contribution in [2.45, 2.75) is 51.0 Å². The van der Waals surface area contributed by atoms with Crippen LogP contribution in [0, 0.1) is 0 Å². The molecule has 0 aliphatic heterocycles. The molecule has 1 fully saturated rings. The molecule has 0 aromatic heterocycles. The molecule has 1 nitrogen and oxygen atoms in total. The highest BCUT2D eigenvalue weighted by atomic mass is 79.9. The van der Waals surface area contributed by atoms with Crippen LogP contribution in [-0.4, -0.2) is 5.54 Å². The average molecular weight is 282 g/mol. The van der Waals surface area contributed by atoms with Crippen LogP contribution in [0.15, 0.2) is 22.7 Å². The zero-order chi connectivity index (χ0) is 11.8. The summed E-state index contributed by atoms with van der Waals surface area (Å²) in [5.41, 5.74) is 9.02. The number of hydrogen-bond acceptors (Lipinski definition) is 1. The van der Waals surface area contributed by atoms with Gasteiger partial charge in [0.15, 0.2) is 0 Å². The van der Waals surface area contributed by atoms with E-state index in [0.29, 0.717) is 5.92 Å². The summed E-state index contributed by atoms with van der Waals surface area (Å²) >= 11 is 3.68. The second-order valence-electron chi connectivity index (χ2n) is 5.20. The third-order valence-corrected chi connectivity index (χ3v) is 4.34. The Morgan fingerprint density at radius 2 is 2.12 bits per heavy atom. The first-order chi connectivity index (χ1) is 7.54. The van der Waals surface area contributed by atoms with E-state index in [4.69, 9.17) is 5.73 Å². The molecule has 1 saturated carbocycles. The summed E-state index contributed by atoms with van der Waals surface area (Å²) in [4.78, 5) is 0. The van der Waals surface area contributed by atoms with E-state index in [0.717, 1.165) is 6.42 Å². The number of nitrogens with two attached hydrogens (primary N) is 1. The largest absolute Gasteiger partial charge is 0.325 e. The summed E-state index contributed by atoms with van der Waals surface area (Å²) in [5.74, 6) is 0.621. The van der Waals surface area contributed by atoms with Crippen molar-refractivity contribution < 1.29 is 0 Å². The molecule has 0 amide bonds. The number of benzene rings is 1. The van der Waals surface area contributed by atoms with Crippen molar-refractivity contribution >= 4 is 15.9 Å². The maximum atomic E-state index is 6.14. The monoisotopic (exact) mass is 281 g/mol. The van der Waals surface area contributed by atoms with Gasteiger partial charge in [0, 0.05) is 10.0 Å². The molecule has 0 radical (unpaired) electrons. The third-order valence-electron chi connectivity index (χ3n) is 3.66. The van der Waals surface area contributed by atoms with Crippen LogP contribution < -0.4 is 5.73 Å². The van der Waals surface area contributed by atoms with Crippen molar-refractivity contribution in [1.29, 1.82) is 0 Å². The van der Waals surface area contributed by atoms with Gasteiger partial charge >= 0.3 is 0 Å². The molecule has 0 heterocycles. The van der Waals surface area contributed by atoms with E-state index in [2.05, 4.69) is 48.0 Å². The summed E-state index contributed by atoms with van der Waals surface area (Å²) in [7, 11) is 0. The highest BCUT2D eigenvalue weighted by molar-refractivity contribution is 9.10. The number of hydrogen-bond donors (Lipinski definition) is 1. The Morgan fingerprint density at radius 1 is 1.44 bits per heavy atom. The van der Waals surface area contributed by atoms with Gasteiger partial charge in [-0.2, -0.15) is 0 Å². The van der Waals surface area contributed by atoms with Crippen LogP contribution in [0.1, 0.15) is 50.2 Å². The van der Waals surface area contributed by atoms with Gasteiger partial charge in [-0.25, -0.2) is 0 Å². The van der Waals surface area contributed by atoms with Crippen LogP contribution in [0.3, 0.4) is 0 Å². The Labute approximate surface area is 107 Å². The van der Waals surface area contributed by atoms with Gasteiger partial charge in [-0.3, -0.25) is 0 Å². The molecule has 16 heavy (non-hydrogen) atoms. The summed E-state index contributed by atoms with van der Waals surface area (Å²) in [5, 5.41) is 0. The van der Waals surface area contributed by atoms with Crippen molar-refractivity contribution in [3.05, 3.63) is 33.8 Å². The molecule has 1 aromatic rings. The van der Waals surface area contributed by atoms with Crippen LogP contribution in [0.5, 0.6) is 0 Å². The molecule has 0 saturated heterocycles. The third kappa shape index (κ3) is 2.67. The molecule has 0 spiro atoms. The predicted molar refractivity (Wildman–Crippen MR) is 72.7 cm³/mol. The highest BCUT2D eigenvalue weighted by Crippen LogP contribution is 2.37. The molecule has 1 aliphatic carbocycles. The van der Waals surface area contributed by atoms with Gasteiger partial charge in [-0.15, -0.1) is 0 Å². The Hall–Kier alpha value is -0.340. The molecule has 2 heteroatoms. The van der Waals surface area contributed by atoms with Crippen molar-refractivity contribution in [3.8, 4) is 0 Å². The minimum atomic E-state index is 0.108. The van der Waals surface area contributed by atoms with Crippen LogP contribution in [0.2, 0.25) is 0 Å². The standard InChI is InChI=1S/C14H20BrN/c1-3-10(2)12-5-4-11(8-13(12)15)9-14(16)6-7-14/h4-5,8,10H,3,6-7,9,16H2,1-2H3. The van der Waals surface area contributed by atoms with Gasteiger partial charge in [0.1, 0.15) is 0 Å². The highest BCUT2D eigenvalue weighted by Gasteiger charge is 2.37. The normalized spacial score (nSPS) is 19.5. The Bertz CT molecular complexity index is 382. The summed E-state index contributed by atoms with van der Waals surface area (Å²) < 4.78 is 1.24. The fraction of sp³-hybridized carbons (Fsp3) is 0.571. The zero-order valence-corrected chi connectivity index (χ0v) is 11.7. The average Bonchev–Trinajstić information content (AvgIpc) is 2.95. The van der Waals surface area contributed by atoms with Crippen molar-refractivity contribution in [3.63, 3.8) is 0 Å². The van der Waals surface area contributed by atoms with E-state index in [1.807, 2.05) is 0 Å². The molecule has 0 bridgehead atoms. The lowest BCUT2D eigenvalue weighted by Gasteiger charge is -2.14. The quantitative estimate of drug-likeness (QED) is 0.887. The van der Waals surface area contributed by atoms with Gasteiger partial charge in [-0.1, -0.05) is 41.9 Å². The van der Waals surface area contributed by atoms with E-state index < -0.39 is 0 Å². The first-order valence-electron chi connectivity index (χ1n) is 6.11. The Balaban J connectivity index is 2.15. The lowest BCUT2D eigenvalue weighted by atomic mass is 9.96. The first-order valence-corrected chi connectivity index (χ1v) is 6.90. The van der Waals surface area contributed by atoms with E-state index in [1.165, 1.54) is 34.9 Å². The van der Waals surface area contributed by atoms with Crippen molar-refractivity contribution in [1.82, 2.24) is 0 Å². The minimum Gasteiger partial charge on any atom is -0.325 e. The lowest BCUT2D eigenvalue weighted by molar-refractivity contribution is 0.670. The van der Waals surface area contributed by atoms with E-state index in [1.54, 1.807) is 0 Å². The first kappa shape index (κ1) is 12.1. The molecular weight excluding hydrogens is 262 g/mol. The van der Waals surface area contributed by atoms with Crippen LogP contribution in [0.4, 0.5) is 0 Å². The molecule has 88 valence electrons. The van der Waals surface area contributed by atoms with Crippen LogP contribution >= 0.6 is 15.9 Å². The van der Waals surface area contributed by atoms with Gasteiger partial charge in [0.05, 0.1) is 0 Å². The SMILES string of the molecule is CCC(C)c1ccc(CC2(N)CC2)cc1Br. The van der Waals surface area contributed by atoms with Gasteiger partial charge in [0.25, 0.3) is 0 Å². The molecule has 2 rings (SSSR count). The minimum absolute atomic E-state index is 0.108. The van der Waals surface area contributed by atoms with Crippen molar-refractivity contribution in [2.24, 2.45) is 5.73 Å². The fourth-order valence-corrected chi connectivity index (χ4v) is 2.86. The summed E-state index contributed by atoms with van der Waals surface area (Å²) in [6.07, 6.45) is 4.56. The van der Waals surface area contributed by atoms with Gasteiger partial charge in [-0.05, 0) is 48.8 Å². The van der Waals surface area contributed by atoms with E-state index in [-0.39, 0.29) is 5.54 Å². The zero-order valence-electron chi connectivity index (χ0n) is 10.1. The molecule has 1 aliphatic rings. The number of halogens is 1. The summed E-state index contributed by atoms with van der Waals surface area (Å²) in [6.45, 7) is 4.50. The molecule has 1 atom stereocenters. The van der Waals surface area contributed by atoms with Crippen molar-refractivity contribution in [2.75, 3.05) is 0 Å². The second kappa shape index (κ2) is 4.50. The van der Waals surface area contributed by atoms with E-state index >= 15 is 0 Å². The molecule has 1 aromatic carbocycles. The maximum absolute atomic E-state index is 6.14. The maximum Gasteiger partial charge on any atom is 0.0212 e. The smallest absolute Gasteiger partial charge is 0.0212 e. The second-order valence-corrected chi connectivity index (χ2v) is 6.06. The van der Waals surface area contributed by atoms with E-state index in [9.17, 15) is 0 Å². The number of rotatable bonds is 4. The van der Waals surface area contributed by atoms with Gasteiger partial charge < -0.3 is 5.73 Å². The molecule has 2 N–H and O–H groups in total. The lowest BCUT2D eigenvalue weighted by Crippen LogP contribution is -2.24.